The highest BCUT2D eigenvalue weighted by atomic mass is 32.2. The fourth-order valence-electron chi connectivity index (χ4n) is 3.53. The van der Waals surface area contributed by atoms with Crippen LogP contribution in [0.15, 0.2) is 30.8 Å². The Hall–Kier alpha value is -2.48. The topological polar surface area (TPSA) is 87.7 Å². The highest BCUT2D eigenvalue weighted by Gasteiger charge is 2.36. The molecule has 196 valence electrons. The van der Waals surface area contributed by atoms with Crippen molar-refractivity contribution < 1.29 is 19.1 Å². The zero-order valence-electron chi connectivity index (χ0n) is 22.3. The lowest BCUT2D eigenvalue weighted by Crippen LogP contribution is -2.53. The molecule has 3 amide bonds. The number of hydrogen-bond acceptors (Lipinski definition) is 5. The first kappa shape index (κ1) is 30.6. The molecule has 2 N–H and O–H groups in total. The van der Waals surface area contributed by atoms with Gasteiger partial charge in [0, 0.05) is 12.6 Å². The number of carbonyl (C=O) groups is 3. The summed E-state index contributed by atoms with van der Waals surface area (Å²) in [6.07, 6.45) is 5.01. The smallest absolute Gasteiger partial charge is 0.408 e. The molecule has 0 aliphatic carbocycles. The Morgan fingerprint density at radius 1 is 1.20 bits per heavy atom. The number of benzene rings is 1. The Bertz CT molecular complexity index is 851. The molecule has 0 aromatic heterocycles. The van der Waals surface area contributed by atoms with E-state index in [9.17, 15) is 14.4 Å². The Morgan fingerprint density at radius 2 is 1.89 bits per heavy atom. The lowest BCUT2D eigenvalue weighted by Gasteiger charge is -2.35. The van der Waals surface area contributed by atoms with Gasteiger partial charge in [0.1, 0.15) is 17.7 Å². The summed E-state index contributed by atoms with van der Waals surface area (Å²) < 4.78 is 5.42. The number of nitrogens with zero attached hydrogens (tertiary/aromatic N) is 1. The van der Waals surface area contributed by atoms with Crippen LogP contribution in [0.1, 0.15) is 78.0 Å². The summed E-state index contributed by atoms with van der Waals surface area (Å²) in [5, 5.41) is 5.73. The van der Waals surface area contributed by atoms with Crippen LogP contribution >= 0.6 is 11.8 Å². The predicted molar refractivity (Wildman–Crippen MR) is 145 cm³/mol. The molecule has 0 spiro atoms. The Labute approximate surface area is 215 Å². The van der Waals surface area contributed by atoms with Crippen LogP contribution in [0.2, 0.25) is 0 Å². The standard InChI is InChI=1S/C27H43N3O4S/c1-9-11-16-30(25(32)22(15-17-35-8)29-26(33)34-27(5,6)7)23(24(31)28-19(3)4)21-14-12-13-20(10-2)18-21/h10,12-14,18-19,22-23H,2,9,11,15-17H2,1,3-8H3,(H,28,31)(H,29,33). The lowest BCUT2D eigenvalue weighted by atomic mass is 9.99. The fraction of sp³-hybridized carbons (Fsp3) is 0.593. The lowest BCUT2D eigenvalue weighted by molar-refractivity contribution is -0.142. The van der Waals surface area contributed by atoms with E-state index in [2.05, 4.69) is 17.2 Å². The van der Waals surface area contributed by atoms with Crippen molar-refractivity contribution >= 4 is 35.7 Å². The maximum atomic E-state index is 14.0. The van der Waals surface area contributed by atoms with Crippen molar-refractivity contribution in [1.29, 1.82) is 0 Å². The van der Waals surface area contributed by atoms with Crippen LogP contribution in [0.25, 0.3) is 6.08 Å². The maximum Gasteiger partial charge on any atom is 0.408 e. The number of rotatable bonds is 13. The van der Waals surface area contributed by atoms with Gasteiger partial charge in [0.2, 0.25) is 11.8 Å². The van der Waals surface area contributed by atoms with E-state index in [0.717, 1.165) is 18.4 Å². The Morgan fingerprint density at radius 3 is 2.43 bits per heavy atom. The number of alkyl carbamates (subject to hydrolysis) is 1. The largest absolute Gasteiger partial charge is 0.444 e. The van der Waals surface area contributed by atoms with Crippen molar-refractivity contribution in [1.82, 2.24) is 15.5 Å². The molecule has 8 heteroatoms. The van der Waals surface area contributed by atoms with Crippen molar-refractivity contribution in [3.05, 3.63) is 42.0 Å². The number of unbranched alkanes of at least 4 members (excludes halogenated alkanes) is 1. The molecule has 1 aromatic carbocycles. The molecule has 0 bridgehead atoms. The first-order chi connectivity index (χ1) is 16.4. The molecule has 0 heterocycles. The van der Waals surface area contributed by atoms with Crippen molar-refractivity contribution in [3.8, 4) is 0 Å². The van der Waals surface area contributed by atoms with E-state index in [4.69, 9.17) is 4.74 Å². The van der Waals surface area contributed by atoms with Gasteiger partial charge in [-0.05, 0) is 76.7 Å². The first-order valence-electron chi connectivity index (χ1n) is 12.2. The molecule has 0 aliphatic rings. The van der Waals surface area contributed by atoms with E-state index in [-0.39, 0.29) is 17.9 Å². The monoisotopic (exact) mass is 505 g/mol. The van der Waals surface area contributed by atoms with Crippen molar-refractivity contribution in [2.24, 2.45) is 0 Å². The number of carbonyl (C=O) groups excluding carboxylic acids is 3. The summed E-state index contributed by atoms with van der Waals surface area (Å²) >= 11 is 1.59. The van der Waals surface area contributed by atoms with Crippen LogP contribution in [-0.4, -0.2) is 59.0 Å². The molecular weight excluding hydrogens is 462 g/mol. The third kappa shape index (κ3) is 10.8. The van der Waals surface area contributed by atoms with E-state index < -0.39 is 23.8 Å². The molecule has 2 unspecified atom stereocenters. The summed E-state index contributed by atoms with van der Waals surface area (Å²) in [6.45, 7) is 15.4. The molecule has 2 atom stereocenters. The quantitative estimate of drug-likeness (QED) is 0.386. The van der Waals surface area contributed by atoms with Crippen molar-refractivity contribution in [2.75, 3.05) is 18.6 Å². The Balaban J connectivity index is 3.47. The van der Waals surface area contributed by atoms with Gasteiger partial charge in [0.05, 0.1) is 0 Å². The van der Waals surface area contributed by atoms with Crippen LogP contribution in [0.3, 0.4) is 0 Å². The van der Waals surface area contributed by atoms with E-state index in [1.165, 1.54) is 0 Å². The minimum atomic E-state index is -0.839. The normalized spacial score (nSPS) is 13.0. The summed E-state index contributed by atoms with van der Waals surface area (Å²) in [6, 6.07) is 5.73. The van der Waals surface area contributed by atoms with Gasteiger partial charge in [-0.1, -0.05) is 44.2 Å². The number of ether oxygens (including phenoxy) is 1. The molecular formula is C27H43N3O4S. The van der Waals surface area contributed by atoms with Crippen molar-refractivity contribution in [2.45, 2.75) is 84.5 Å². The molecule has 1 aromatic rings. The minimum absolute atomic E-state index is 0.0945. The predicted octanol–water partition coefficient (Wildman–Crippen LogP) is 5.17. The zero-order valence-corrected chi connectivity index (χ0v) is 23.2. The zero-order chi connectivity index (χ0) is 26.6. The molecule has 0 fully saturated rings. The average Bonchev–Trinajstić information content (AvgIpc) is 2.77. The van der Waals surface area contributed by atoms with Crippen LogP contribution in [0, 0.1) is 0 Å². The van der Waals surface area contributed by atoms with Gasteiger partial charge in [-0.15, -0.1) is 0 Å². The molecule has 7 nitrogen and oxygen atoms in total. The van der Waals surface area contributed by atoms with Crippen LogP contribution in [0.5, 0.6) is 0 Å². The molecule has 0 saturated carbocycles. The highest BCUT2D eigenvalue weighted by molar-refractivity contribution is 7.98. The van der Waals surface area contributed by atoms with Gasteiger partial charge >= 0.3 is 6.09 Å². The number of amides is 3. The third-order valence-corrected chi connectivity index (χ3v) is 5.73. The van der Waals surface area contributed by atoms with E-state index in [0.29, 0.717) is 24.3 Å². The molecule has 0 radical (unpaired) electrons. The van der Waals surface area contributed by atoms with E-state index >= 15 is 0 Å². The first-order valence-corrected chi connectivity index (χ1v) is 13.6. The fourth-order valence-corrected chi connectivity index (χ4v) is 4.00. The summed E-state index contributed by atoms with van der Waals surface area (Å²) in [7, 11) is 0. The van der Waals surface area contributed by atoms with Gasteiger partial charge < -0.3 is 20.3 Å². The molecule has 35 heavy (non-hydrogen) atoms. The number of hydrogen-bond donors (Lipinski definition) is 2. The van der Waals surface area contributed by atoms with Gasteiger partial charge in [0.15, 0.2) is 0 Å². The maximum absolute atomic E-state index is 14.0. The highest BCUT2D eigenvalue weighted by Crippen LogP contribution is 2.25. The summed E-state index contributed by atoms with van der Waals surface area (Å²) in [5.41, 5.74) is 0.869. The molecule has 0 aliphatic heterocycles. The second-order valence-electron chi connectivity index (χ2n) is 9.81. The second kappa shape index (κ2) is 14.8. The number of nitrogens with one attached hydrogen (secondary N) is 2. The van der Waals surface area contributed by atoms with Crippen molar-refractivity contribution in [3.63, 3.8) is 0 Å². The second-order valence-corrected chi connectivity index (χ2v) is 10.8. The van der Waals surface area contributed by atoms with Gasteiger partial charge in [-0.3, -0.25) is 9.59 Å². The summed E-state index contributed by atoms with van der Waals surface area (Å²) in [5.74, 6) is 0.112. The minimum Gasteiger partial charge on any atom is -0.444 e. The van der Waals surface area contributed by atoms with Gasteiger partial charge in [-0.25, -0.2) is 4.79 Å². The molecule has 0 saturated heterocycles. The van der Waals surface area contributed by atoms with Crippen LogP contribution in [0.4, 0.5) is 4.79 Å². The number of thioether (sulfide) groups is 1. The van der Waals surface area contributed by atoms with Gasteiger partial charge in [-0.2, -0.15) is 11.8 Å². The summed E-state index contributed by atoms with van der Waals surface area (Å²) in [4.78, 5) is 41.6. The molecule has 1 rings (SSSR count). The van der Waals surface area contributed by atoms with Gasteiger partial charge in [0.25, 0.3) is 0 Å². The third-order valence-electron chi connectivity index (χ3n) is 5.09. The van der Waals surface area contributed by atoms with E-state index in [1.807, 2.05) is 51.3 Å². The van der Waals surface area contributed by atoms with E-state index in [1.54, 1.807) is 43.5 Å². The Kier molecular flexibility index (Phi) is 12.9. The van der Waals surface area contributed by atoms with Crippen LogP contribution in [-0.2, 0) is 14.3 Å². The SMILES string of the molecule is C=Cc1cccc(C(C(=O)NC(C)C)N(CCCC)C(=O)C(CCSC)NC(=O)OC(C)(C)C)c1. The van der Waals surface area contributed by atoms with Crippen LogP contribution < -0.4 is 10.6 Å². The average molecular weight is 506 g/mol.